The molecule has 1 saturated heterocycles. The van der Waals surface area contributed by atoms with E-state index in [9.17, 15) is 9.90 Å². The highest BCUT2D eigenvalue weighted by Crippen LogP contribution is 2.36. The number of aliphatic hydroxyl groups is 1. The van der Waals surface area contributed by atoms with Crippen LogP contribution < -0.4 is 10.6 Å². The van der Waals surface area contributed by atoms with Gasteiger partial charge < -0.3 is 15.7 Å². The lowest BCUT2D eigenvalue weighted by molar-refractivity contribution is -0.123. The van der Waals surface area contributed by atoms with Crippen molar-refractivity contribution in [3.8, 4) is 0 Å². The van der Waals surface area contributed by atoms with E-state index in [0.29, 0.717) is 6.54 Å². The zero-order valence-electron chi connectivity index (χ0n) is 11.2. The standard InChI is InChI=1S/C14H26N2O2/c17-11-14(7-3-4-8-14)10-16-13(18)12-6-2-1-5-9-15-12/h12,15,17H,1-11H2,(H,16,18). The molecule has 2 fully saturated rings. The lowest BCUT2D eigenvalue weighted by Crippen LogP contribution is -2.47. The van der Waals surface area contributed by atoms with Crippen LogP contribution in [0.15, 0.2) is 0 Å². The molecule has 0 aromatic heterocycles. The Morgan fingerprint density at radius 1 is 1.22 bits per heavy atom. The van der Waals surface area contributed by atoms with Gasteiger partial charge in [0, 0.05) is 12.0 Å². The van der Waals surface area contributed by atoms with Crippen LogP contribution in [-0.2, 0) is 4.79 Å². The third kappa shape index (κ3) is 3.45. The van der Waals surface area contributed by atoms with Crippen molar-refractivity contribution in [2.24, 2.45) is 5.41 Å². The summed E-state index contributed by atoms with van der Waals surface area (Å²) in [4.78, 5) is 12.1. The molecule has 0 radical (unpaired) electrons. The molecule has 1 heterocycles. The number of rotatable bonds is 4. The Labute approximate surface area is 110 Å². The van der Waals surface area contributed by atoms with Crippen LogP contribution in [0.2, 0.25) is 0 Å². The molecule has 1 atom stereocenters. The van der Waals surface area contributed by atoms with Gasteiger partial charge in [0.25, 0.3) is 0 Å². The first-order chi connectivity index (χ1) is 8.76. The third-order valence-electron chi connectivity index (χ3n) is 4.51. The molecule has 1 aliphatic carbocycles. The molecule has 4 nitrogen and oxygen atoms in total. The first-order valence-corrected chi connectivity index (χ1v) is 7.38. The fraction of sp³-hybridized carbons (Fsp3) is 0.929. The van der Waals surface area contributed by atoms with E-state index in [0.717, 1.165) is 32.2 Å². The largest absolute Gasteiger partial charge is 0.396 e. The molecule has 0 bridgehead atoms. The first-order valence-electron chi connectivity index (χ1n) is 7.38. The van der Waals surface area contributed by atoms with Gasteiger partial charge in [-0.05, 0) is 32.2 Å². The molecule has 1 unspecified atom stereocenters. The first kappa shape index (κ1) is 13.8. The van der Waals surface area contributed by atoms with Crippen LogP contribution in [0.4, 0.5) is 0 Å². The summed E-state index contributed by atoms with van der Waals surface area (Å²) in [5.74, 6) is 0.122. The average Bonchev–Trinajstić information content (AvgIpc) is 2.70. The van der Waals surface area contributed by atoms with E-state index in [1.165, 1.54) is 25.7 Å². The number of carbonyl (C=O) groups is 1. The lowest BCUT2D eigenvalue weighted by atomic mass is 9.87. The number of carbonyl (C=O) groups excluding carboxylic acids is 1. The second-order valence-corrected chi connectivity index (χ2v) is 5.94. The summed E-state index contributed by atoms with van der Waals surface area (Å²) in [6.45, 7) is 1.79. The number of aliphatic hydroxyl groups excluding tert-OH is 1. The van der Waals surface area contributed by atoms with Gasteiger partial charge in [-0.15, -0.1) is 0 Å². The smallest absolute Gasteiger partial charge is 0.237 e. The number of hydrogen-bond acceptors (Lipinski definition) is 3. The molecule has 3 N–H and O–H groups in total. The van der Waals surface area contributed by atoms with Gasteiger partial charge in [0.05, 0.1) is 12.6 Å². The second-order valence-electron chi connectivity index (χ2n) is 5.94. The Kier molecular flexibility index (Phi) is 5.01. The second kappa shape index (κ2) is 6.53. The summed E-state index contributed by atoms with van der Waals surface area (Å²) in [5.41, 5.74) is -0.0413. The topological polar surface area (TPSA) is 61.4 Å². The molecule has 2 aliphatic rings. The monoisotopic (exact) mass is 254 g/mol. The summed E-state index contributed by atoms with van der Waals surface area (Å²) in [6, 6.07) is -0.0235. The Hall–Kier alpha value is -0.610. The SMILES string of the molecule is O=C(NCC1(CO)CCCC1)C1CCCCCN1. The average molecular weight is 254 g/mol. The van der Waals surface area contributed by atoms with Gasteiger partial charge in [-0.25, -0.2) is 0 Å². The van der Waals surface area contributed by atoms with Crippen LogP contribution in [0.1, 0.15) is 51.4 Å². The molecule has 1 amide bonds. The molecule has 0 spiro atoms. The molecule has 18 heavy (non-hydrogen) atoms. The van der Waals surface area contributed by atoms with Gasteiger partial charge >= 0.3 is 0 Å². The Balaban J connectivity index is 1.79. The molecule has 104 valence electrons. The van der Waals surface area contributed by atoms with Gasteiger partial charge in [0.1, 0.15) is 0 Å². The van der Waals surface area contributed by atoms with E-state index in [2.05, 4.69) is 10.6 Å². The zero-order chi connectivity index (χ0) is 12.8. The van der Waals surface area contributed by atoms with Gasteiger partial charge in [0.2, 0.25) is 5.91 Å². The van der Waals surface area contributed by atoms with Gasteiger partial charge in [-0.3, -0.25) is 4.79 Å². The quantitative estimate of drug-likeness (QED) is 0.706. The summed E-state index contributed by atoms with van der Waals surface area (Å²) < 4.78 is 0. The fourth-order valence-electron chi connectivity index (χ4n) is 3.17. The van der Waals surface area contributed by atoms with Gasteiger partial charge in [-0.2, -0.15) is 0 Å². The molecular weight excluding hydrogens is 228 g/mol. The van der Waals surface area contributed by atoms with Crippen molar-refractivity contribution in [3.63, 3.8) is 0 Å². The van der Waals surface area contributed by atoms with Crippen LogP contribution >= 0.6 is 0 Å². The Morgan fingerprint density at radius 3 is 2.72 bits per heavy atom. The molecule has 0 aromatic rings. The maximum Gasteiger partial charge on any atom is 0.237 e. The third-order valence-corrected chi connectivity index (χ3v) is 4.51. The molecule has 2 rings (SSSR count). The fourth-order valence-corrected chi connectivity index (χ4v) is 3.17. The van der Waals surface area contributed by atoms with E-state index < -0.39 is 0 Å². The van der Waals surface area contributed by atoms with E-state index in [1.54, 1.807) is 0 Å². The minimum atomic E-state index is -0.0413. The maximum atomic E-state index is 12.1. The predicted molar refractivity (Wildman–Crippen MR) is 71.3 cm³/mol. The van der Waals surface area contributed by atoms with Crippen molar-refractivity contribution in [2.75, 3.05) is 19.7 Å². The molecular formula is C14H26N2O2. The lowest BCUT2D eigenvalue weighted by Gasteiger charge is -2.27. The van der Waals surface area contributed by atoms with Crippen molar-refractivity contribution in [1.29, 1.82) is 0 Å². The molecule has 0 aromatic carbocycles. The van der Waals surface area contributed by atoms with Crippen LogP contribution in [0, 0.1) is 5.41 Å². The minimum absolute atomic E-state index is 0.0235. The van der Waals surface area contributed by atoms with Crippen LogP contribution in [0.5, 0.6) is 0 Å². The van der Waals surface area contributed by atoms with Gasteiger partial charge in [-0.1, -0.05) is 25.7 Å². The van der Waals surface area contributed by atoms with E-state index in [1.807, 2.05) is 0 Å². The summed E-state index contributed by atoms with van der Waals surface area (Å²) in [7, 11) is 0. The summed E-state index contributed by atoms with van der Waals surface area (Å²) in [6.07, 6.45) is 8.91. The normalized spacial score (nSPS) is 27.7. The number of hydrogen-bond donors (Lipinski definition) is 3. The highest BCUT2D eigenvalue weighted by atomic mass is 16.3. The van der Waals surface area contributed by atoms with E-state index >= 15 is 0 Å². The number of amides is 1. The Bertz CT molecular complexity index is 267. The minimum Gasteiger partial charge on any atom is -0.396 e. The predicted octanol–water partition coefficient (Wildman–Crippen LogP) is 1.19. The number of nitrogens with one attached hydrogen (secondary N) is 2. The van der Waals surface area contributed by atoms with Crippen molar-refractivity contribution >= 4 is 5.91 Å². The van der Waals surface area contributed by atoms with Crippen LogP contribution in [0.25, 0.3) is 0 Å². The van der Waals surface area contributed by atoms with E-state index in [4.69, 9.17) is 0 Å². The van der Waals surface area contributed by atoms with Crippen molar-refractivity contribution < 1.29 is 9.90 Å². The molecule has 1 saturated carbocycles. The maximum absolute atomic E-state index is 12.1. The Morgan fingerprint density at radius 2 is 2.00 bits per heavy atom. The summed E-state index contributed by atoms with van der Waals surface area (Å²) in [5, 5.41) is 15.9. The van der Waals surface area contributed by atoms with Crippen molar-refractivity contribution in [2.45, 2.75) is 57.4 Å². The zero-order valence-corrected chi connectivity index (χ0v) is 11.2. The highest BCUT2D eigenvalue weighted by molar-refractivity contribution is 5.81. The molecule has 4 heteroatoms. The van der Waals surface area contributed by atoms with Crippen molar-refractivity contribution in [1.82, 2.24) is 10.6 Å². The van der Waals surface area contributed by atoms with Crippen LogP contribution in [0.3, 0.4) is 0 Å². The van der Waals surface area contributed by atoms with Crippen LogP contribution in [-0.4, -0.2) is 36.8 Å². The van der Waals surface area contributed by atoms with Gasteiger partial charge in [0.15, 0.2) is 0 Å². The van der Waals surface area contributed by atoms with E-state index in [-0.39, 0.29) is 24.0 Å². The summed E-state index contributed by atoms with van der Waals surface area (Å²) >= 11 is 0. The molecule has 1 aliphatic heterocycles. The highest BCUT2D eigenvalue weighted by Gasteiger charge is 2.34. The van der Waals surface area contributed by atoms with Crippen molar-refractivity contribution in [3.05, 3.63) is 0 Å².